The number of thiol groups is 1. The lowest BCUT2D eigenvalue weighted by molar-refractivity contribution is 0.563. The molecule has 18 heavy (non-hydrogen) atoms. The summed E-state index contributed by atoms with van der Waals surface area (Å²) < 4.78 is 3.51. The summed E-state index contributed by atoms with van der Waals surface area (Å²) in [5.74, 6) is 1.07. The average molecular weight is 289 g/mol. The first kappa shape index (κ1) is 17.9. The first-order valence-corrected chi connectivity index (χ1v) is 8.70. The predicted molar refractivity (Wildman–Crippen MR) is 85.6 cm³/mol. The van der Waals surface area contributed by atoms with Crippen LogP contribution in [0.4, 0.5) is 0 Å². The standard InChI is InChI=1S/C12H26S.C2H2N2S/c1-2-3-4-5-6-7-8-9-10-11-12-13;1-2-5-4-3-1/h13H,2-12H2,1H3;1-2H. The van der Waals surface area contributed by atoms with Crippen LogP contribution in [0.1, 0.15) is 71.1 Å². The Balaban J connectivity index is 0.000000473. The highest BCUT2D eigenvalue weighted by molar-refractivity contribution is 7.80. The zero-order valence-electron chi connectivity index (χ0n) is 11.7. The number of nitrogens with zero attached hydrogens (tertiary/aromatic N) is 2. The molecule has 0 saturated carbocycles. The monoisotopic (exact) mass is 288 g/mol. The third-order valence-corrected chi connectivity index (χ3v) is 3.54. The van der Waals surface area contributed by atoms with Crippen LogP contribution >= 0.6 is 24.2 Å². The molecule has 0 radical (unpaired) electrons. The molecule has 0 bridgehead atoms. The molecule has 0 spiro atoms. The molecule has 1 aromatic rings. The molecule has 1 aromatic heterocycles. The van der Waals surface area contributed by atoms with Crippen LogP contribution in [0.2, 0.25) is 0 Å². The minimum Gasteiger partial charge on any atom is -0.179 e. The van der Waals surface area contributed by atoms with Gasteiger partial charge in [0.1, 0.15) is 0 Å². The molecule has 0 aliphatic rings. The van der Waals surface area contributed by atoms with Crippen molar-refractivity contribution in [2.24, 2.45) is 0 Å². The maximum absolute atomic E-state index is 4.20. The lowest BCUT2D eigenvalue weighted by Gasteiger charge is -2.00. The van der Waals surface area contributed by atoms with Crippen molar-refractivity contribution in [2.75, 3.05) is 5.75 Å². The Kier molecular flexibility index (Phi) is 16.8. The molecule has 0 atom stereocenters. The summed E-state index contributed by atoms with van der Waals surface area (Å²) in [6, 6.07) is 0. The molecule has 0 aliphatic carbocycles. The first-order chi connectivity index (χ1) is 8.91. The zero-order valence-corrected chi connectivity index (χ0v) is 13.4. The maximum atomic E-state index is 4.20. The second-order valence-corrected chi connectivity index (χ2v) is 5.59. The lowest BCUT2D eigenvalue weighted by Crippen LogP contribution is -1.81. The highest BCUT2D eigenvalue weighted by atomic mass is 32.1. The fourth-order valence-electron chi connectivity index (χ4n) is 1.74. The fourth-order valence-corrected chi connectivity index (χ4v) is 2.23. The lowest BCUT2D eigenvalue weighted by atomic mass is 10.1. The minimum absolute atomic E-state index is 1.07. The van der Waals surface area contributed by atoms with Gasteiger partial charge in [-0.2, -0.15) is 12.6 Å². The Morgan fingerprint density at radius 2 is 1.44 bits per heavy atom. The van der Waals surface area contributed by atoms with Gasteiger partial charge in [0.2, 0.25) is 0 Å². The molecule has 0 aliphatic heterocycles. The topological polar surface area (TPSA) is 25.8 Å². The van der Waals surface area contributed by atoms with Crippen LogP contribution in [-0.2, 0) is 0 Å². The molecule has 0 fully saturated rings. The Morgan fingerprint density at radius 3 is 1.78 bits per heavy atom. The van der Waals surface area contributed by atoms with Gasteiger partial charge in [-0.3, -0.25) is 0 Å². The van der Waals surface area contributed by atoms with Crippen molar-refractivity contribution >= 4 is 24.2 Å². The molecule has 0 aromatic carbocycles. The van der Waals surface area contributed by atoms with Gasteiger partial charge in [0.25, 0.3) is 0 Å². The van der Waals surface area contributed by atoms with E-state index < -0.39 is 0 Å². The Labute approximate surface area is 122 Å². The van der Waals surface area contributed by atoms with Crippen molar-refractivity contribution in [3.8, 4) is 0 Å². The van der Waals surface area contributed by atoms with Gasteiger partial charge < -0.3 is 0 Å². The molecule has 0 N–H and O–H groups in total. The Bertz CT molecular complexity index is 188. The van der Waals surface area contributed by atoms with Crippen molar-refractivity contribution in [3.63, 3.8) is 0 Å². The average Bonchev–Trinajstić information content (AvgIpc) is 2.96. The van der Waals surface area contributed by atoms with Crippen molar-refractivity contribution in [2.45, 2.75) is 71.1 Å². The highest BCUT2D eigenvalue weighted by Crippen LogP contribution is 2.10. The summed E-state index contributed by atoms with van der Waals surface area (Å²) in [7, 11) is 0. The van der Waals surface area contributed by atoms with Crippen molar-refractivity contribution in [3.05, 3.63) is 11.6 Å². The molecule has 1 rings (SSSR count). The van der Waals surface area contributed by atoms with E-state index in [9.17, 15) is 0 Å². The maximum Gasteiger partial charge on any atom is 0.0620 e. The number of hydrogen-bond donors (Lipinski definition) is 1. The molecule has 106 valence electrons. The molecule has 0 unspecified atom stereocenters. The van der Waals surface area contributed by atoms with Gasteiger partial charge in [-0.05, 0) is 23.7 Å². The van der Waals surface area contributed by atoms with E-state index in [0.29, 0.717) is 0 Å². The smallest absolute Gasteiger partial charge is 0.0620 e. The first-order valence-electron chi connectivity index (χ1n) is 7.23. The van der Waals surface area contributed by atoms with Gasteiger partial charge >= 0.3 is 0 Å². The van der Waals surface area contributed by atoms with E-state index in [4.69, 9.17) is 0 Å². The van der Waals surface area contributed by atoms with E-state index in [2.05, 4.69) is 29.1 Å². The van der Waals surface area contributed by atoms with Crippen LogP contribution in [0.25, 0.3) is 0 Å². The normalized spacial score (nSPS) is 9.89. The Morgan fingerprint density at radius 1 is 0.889 bits per heavy atom. The third-order valence-electron chi connectivity index (χ3n) is 2.79. The van der Waals surface area contributed by atoms with Crippen LogP contribution in [0.15, 0.2) is 11.6 Å². The van der Waals surface area contributed by atoms with Gasteiger partial charge in [-0.1, -0.05) is 69.2 Å². The number of aromatic nitrogens is 2. The van der Waals surface area contributed by atoms with E-state index in [-0.39, 0.29) is 0 Å². The highest BCUT2D eigenvalue weighted by Gasteiger charge is 1.91. The predicted octanol–water partition coefficient (Wildman–Crippen LogP) is 5.38. The largest absolute Gasteiger partial charge is 0.179 e. The summed E-state index contributed by atoms with van der Waals surface area (Å²) in [4.78, 5) is 0. The van der Waals surface area contributed by atoms with Crippen molar-refractivity contribution in [1.82, 2.24) is 9.59 Å². The summed E-state index contributed by atoms with van der Waals surface area (Å²) >= 11 is 5.55. The quantitative estimate of drug-likeness (QED) is 0.462. The van der Waals surface area contributed by atoms with Crippen LogP contribution in [0.5, 0.6) is 0 Å². The van der Waals surface area contributed by atoms with Gasteiger partial charge in [0.15, 0.2) is 0 Å². The molecular weight excluding hydrogens is 260 g/mol. The van der Waals surface area contributed by atoms with E-state index in [1.807, 2.05) is 5.38 Å². The third kappa shape index (κ3) is 15.9. The van der Waals surface area contributed by atoms with Crippen LogP contribution in [0, 0.1) is 0 Å². The molecule has 0 saturated heterocycles. The van der Waals surface area contributed by atoms with E-state index in [1.165, 1.54) is 75.7 Å². The Hall–Kier alpha value is -0.0900. The number of rotatable bonds is 10. The van der Waals surface area contributed by atoms with Crippen LogP contribution in [-0.4, -0.2) is 15.3 Å². The van der Waals surface area contributed by atoms with E-state index in [1.54, 1.807) is 6.20 Å². The van der Waals surface area contributed by atoms with E-state index in [0.717, 1.165) is 5.75 Å². The van der Waals surface area contributed by atoms with Gasteiger partial charge in [0.05, 0.1) is 6.20 Å². The van der Waals surface area contributed by atoms with Crippen molar-refractivity contribution in [1.29, 1.82) is 0 Å². The number of hydrogen-bond acceptors (Lipinski definition) is 4. The van der Waals surface area contributed by atoms with Gasteiger partial charge in [0, 0.05) is 5.38 Å². The summed E-state index contributed by atoms with van der Waals surface area (Å²) in [5, 5.41) is 5.31. The fraction of sp³-hybridized carbons (Fsp3) is 0.857. The van der Waals surface area contributed by atoms with Crippen molar-refractivity contribution < 1.29 is 0 Å². The second-order valence-electron chi connectivity index (χ2n) is 4.49. The minimum atomic E-state index is 1.07. The summed E-state index contributed by atoms with van der Waals surface area (Å²) in [5.41, 5.74) is 0. The molecule has 2 nitrogen and oxygen atoms in total. The van der Waals surface area contributed by atoms with E-state index >= 15 is 0 Å². The zero-order chi connectivity index (χ0) is 13.3. The summed E-state index contributed by atoms with van der Waals surface area (Å²) in [6.07, 6.45) is 15.8. The molecule has 4 heteroatoms. The SMILES string of the molecule is CCCCCCCCCCCCS.c1csnn1. The van der Waals surface area contributed by atoms with Crippen LogP contribution < -0.4 is 0 Å². The second kappa shape index (κ2) is 16.9. The number of unbranched alkanes of at least 4 members (excludes halogenated alkanes) is 9. The molecular formula is C14H28N2S2. The summed E-state index contributed by atoms with van der Waals surface area (Å²) in [6.45, 7) is 2.28. The van der Waals surface area contributed by atoms with Gasteiger partial charge in [-0.25, -0.2) is 0 Å². The molecule has 1 heterocycles. The molecule has 0 amide bonds. The van der Waals surface area contributed by atoms with Crippen LogP contribution in [0.3, 0.4) is 0 Å². The van der Waals surface area contributed by atoms with Gasteiger partial charge in [-0.15, -0.1) is 5.10 Å².